The van der Waals surface area contributed by atoms with Crippen LogP contribution in [-0.2, 0) is 0 Å². The summed E-state index contributed by atoms with van der Waals surface area (Å²) in [5, 5.41) is 0. The molecule has 0 saturated carbocycles. The fraction of sp³-hybridized carbons (Fsp3) is 0.0667. The number of fused-ring (bicyclic) bond motifs is 1. The summed E-state index contributed by atoms with van der Waals surface area (Å²) >= 11 is 6.70. The third-order valence-corrected chi connectivity index (χ3v) is 4.25. The average molecular weight is 395 g/mol. The van der Waals surface area contributed by atoms with Crippen LogP contribution in [0.4, 0.5) is 5.69 Å². The Morgan fingerprint density at radius 3 is 2.20 bits per heavy atom. The number of nitrogens with zero attached hydrogens (tertiary/aromatic N) is 1. The Balaban J connectivity index is 2.16. The maximum Gasteiger partial charge on any atom is 0.266 e. The number of rotatable bonds is 1. The SMILES string of the molecule is Cc1ccc(Br)cc1N1C(=O)c2ccc(Br)cc2C1=O. The first kappa shape index (κ1) is 13.5. The molecule has 0 atom stereocenters. The highest BCUT2D eigenvalue weighted by atomic mass is 79.9. The third kappa shape index (κ3) is 2.01. The molecule has 100 valence electrons. The Kier molecular flexibility index (Phi) is 3.26. The molecule has 1 aliphatic heterocycles. The number of benzene rings is 2. The van der Waals surface area contributed by atoms with E-state index in [4.69, 9.17) is 0 Å². The zero-order chi connectivity index (χ0) is 14.4. The number of halogens is 2. The molecule has 1 heterocycles. The van der Waals surface area contributed by atoms with Gasteiger partial charge in [-0.3, -0.25) is 9.59 Å². The second-order valence-corrected chi connectivity index (χ2v) is 6.40. The fourth-order valence-corrected chi connectivity index (χ4v) is 2.97. The Labute approximate surface area is 132 Å². The summed E-state index contributed by atoms with van der Waals surface area (Å²) in [6.07, 6.45) is 0. The highest BCUT2D eigenvalue weighted by Crippen LogP contribution is 2.33. The van der Waals surface area contributed by atoms with Gasteiger partial charge in [0.1, 0.15) is 0 Å². The molecule has 0 radical (unpaired) electrons. The van der Waals surface area contributed by atoms with Crippen LogP contribution in [0, 0.1) is 6.92 Å². The van der Waals surface area contributed by atoms with Crippen molar-refractivity contribution in [2.24, 2.45) is 0 Å². The van der Waals surface area contributed by atoms with Crippen LogP contribution in [0.5, 0.6) is 0 Å². The van der Waals surface area contributed by atoms with E-state index in [1.54, 1.807) is 24.3 Å². The van der Waals surface area contributed by atoms with E-state index >= 15 is 0 Å². The quantitative estimate of drug-likeness (QED) is 0.675. The predicted octanol–water partition coefficient (Wildman–Crippen LogP) is 4.32. The molecule has 20 heavy (non-hydrogen) atoms. The first-order valence-corrected chi connectivity index (χ1v) is 7.52. The molecule has 2 aromatic carbocycles. The number of aryl methyl sites for hydroxylation is 1. The topological polar surface area (TPSA) is 37.4 Å². The number of hydrogen-bond acceptors (Lipinski definition) is 2. The summed E-state index contributed by atoms with van der Waals surface area (Å²) in [6, 6.07) is 10.7. The second kappa shape index (κ2) is 4.82. The number of carbonyl (C=O) groups excluding carboxylic acids is 2. The van der Waals surface area contributed by atoms with Gasteiger partial charge in [0.25, 0.3) is 11.8 Å². The number of amides is 2. The standard InChI is InChI=1S/C15H9Br2NO2/c1-8-2-3-10(17)7-13(8)18-14(19)11-5-4-9(16)6-12(11)15(18)20/h2-7H,1H3. The Bertz CT molecular complexity index is 756. The van der Waals surface area contributed by atoms with Crippen LogP contribution in [0.2, 0.25) is 0 Å². The van der Waals surface area contributed by atoms with E-state index in [0.717, 1.165) is 14.5 Å². The van der Waals surface area contributed by atoms with Crippen molar-refractivity contribution >= 4 is 49.4 Å². The van der Waals surface area contributed by atoms with E-state index in [1.807, 2.05) is 19.1 Å². The van der Waals surface area contributed by atoms with E-state index < -0.39 is 0 Å². The Hall–Kier alpha value is -1.46. The maximum atomic E-state index is 12.5. The maximum absolute atomic E-state index is 12.5. The predicted molar refractivity (Wildman–Crippen MR) is 84.2 cm³/mol. The van der Waals surface area contributed by atoms with Gasteiger partial charge >= 0.3 is 0 Å². The molecule has 3 rings (SSSR count). The highest BCUT2D eigenvalue weighted by molar-refractivity contribution is 9.10. The van der Waals surface area contributed by atoms with Crippen molar-refractivity contribution in [3.63, 3.8) is 0 Å². The van der Waals surface area contributed by atoms with Crippen LogP contribution in [0.25, 0.3) is 0 Å². The molecule has 2 aromatic rings. The van der Waals surface area contributed by atoms with Crippen molar-refractivity contribution in [1.82, 2.24) is 0 Å². The normalized spacial score (nSPS) is 13.8. The zero-order valence-electron chi connectivity index (χ0n) is 10.5. The van der Waals surface area contributed by atoms with Gasteiger partial charge in [-0.1, -0.05) is 37.9 Å². The molecular weight excluding hydrogens is 386 g/mol. The molecule has 0 N–H and O–H groups in total. The number of carbonyl (C=O) groups is 2. The van der Waals surface area contributed by atoms with E-state index in [9.17, 15) is 9.59 Å². The monoisotopic (exact) mass is 393 g/mol. The van der Waals surface area contributed by atoms with Crippen molar-refractivity contribution in [3.8, 4) is 0 Å². The largest absolute Gasteiger partial charge is 0.268 e. The highest BCUT2D eigenvalue weighted by Gasteiger charge is 2.37. The molecule has 0 bridgehead atoms. The lowest BCUT2D eigenvalue weighted by Crippen LogP contribution is -2.30. The average Bonchev–Trinajstić information content (AvgIpc) is 2.65. The van der Waals surface area contributed by atoms with Crippen LogP contribution in [-0.4, -0.2) is 11.8 Å². The summed E-state index contributed by atoms with van der Waals surface area (Å²) < 4.78 is 1.61. The van der Waals surface area contributed by atoms with Crippen molar-refractivity contribution < 1.29 is 9.59 Å². The lowest BCUT2D eigenvalue weighted by molar-refractivity contribution is 0.0926. The second-order valence-electron chi connectivity index (χ2n) is 4.57. The van der Waals surface area contributed by atoms with E-state index in [2.05, 4.69) is 31.9 Å². The molecule has 0 aliphatic carbocycles. The molecule has 0 unspecified atom stereocenters. The van der Waals surface area contributed by atoms with Crippen molar-refractivity contribution in [2.45, 2.75) is 6.92 Å². The molecule has 0 spiro atoms. The first-order chi connectivity index (χ1) is 9.49. The van der Waals surface area contributed by atoms with E-state index in [1.165, 1.54) is 4.90 Å². The van der Waals surface area contributed by atoms with Crippen molar-refractivity contribution in [2.75, 3.05) is 4.90 Å². The van der Waals surface area contributed by atoms with Gasteiger partial charge < -0.3 is 0 Å². The van der Waals surface area contributed by atoms with Gasteiger partial charge in [-0.15, -0.1) is 0 Å². The van der Waals surface area contributed by atoms with Crippen molar-refractivity contribution in [3.05, 3.63) is 62.0 Å². The fourth-order valence-electron chi connectivity index (χ4n) is 2.26. The van der Waals surface area contributed by atoms with Gasteiger partial charge in [0.15, 0.2) is 0 Å². The van der Waals surface area contributed by atoms with E-state index in [0.29, 0.717) is 16.8 Å². The molecule has 2 amide bonds. The van der Waals surface area contributed by atoms with Gasteiger partial charge in [-0.25, -0.2) is 4.90 Å². The smallest absolute Gasteiger partial charge is 0.266 e. The van der Waals surface area contributed by atoms with Gasteiger partial charge in [-0.2, -0.15) is 0 Å². The molecule has 0 saturated heterocycles. The number of hydrogen-bond donors (Lipinski definition) is 0. The molecular formula is C15H9Br2NO2. The zero-order valence-corrected chi connectivity index (χ0v) is 13.7. The summed E-state index contributed by atoms with van der Waals surface area (Å²) in [5.74, 6) is -0.564. The summed E-state index contributed by atoms with van der Waals surface area (Å²) in [4.78, 5) is 26.2. The molecule has 1 aliphatic rings. The van der Waals surface area contributed by atoms with Crippen molar-refractivity contribution in [1.29, 1.82) is 0 Å². The summed E-state index contributed by atoms with van der Waals surface area (Å²) in [6.45, 7) is 1.88. The van der Waals surface area contributed by atoms with Gasteiger partial charge in [-0.05, 0) is 42.8 Å². The van der Waals surface area contributed by atoms with Crippen LogP contribution < -0.4 is 4.90 Å². The molecule has 5 heteroatoms. The third-order valence-electron chi connectivity index (χ3n) is 3.26. The van der Waals surface area contributed by atoms with Gasteiger partial charge in [0, 0.05) is 8.95 Å². The Morgan fingerprint density at radius 2 is 1.45 bits per heavy atom. The number of anilines is 1. The van der Waals surface area contributed by atoms with Gasteiger partial charge in [0.2, 0.25) is 0 Å². The molecule has 0 aromatic heterocycles. The van der Waals surface area contributed by atoms with Gasteiger partial charge in [0.05, 0.1) is 16.8 Å². The molecule has 3 nitrogen and oxygen atoms in total. The molecule has 0 fully saturated rings. The minimum Gasteiger partial charge on any atom is -0.268 e. The first-order valence-electron chi connectivity index (χ1n) is 5.93. The van der Waals surface area contributed by atoms with Crippen LogP contribution in [0.1, 0.15) is 26.3 Å². The lowest BCUT2D eigenvalue weighted by Gasteiger charge is -2.16. The summed E-state index contributed by atoms with van der Waals surface area (Å²) in [7, 11) is 0. The minimum absolute atomic E-state index is 0.279. The summed E-state index contributed by atoms with van der Waals surface area (Å²) in [5.41, 5.74) is 2.37. The Morgan fingerprint density at radius 1 is 0.850 bits per heavy atom. The lowest BCUT2D eigenvalue weighted by atomic mass is 10.1. The van der Waals surface area contributed by atoms with Crippen LogP contribution in [0.15, 0.2) is 45.3 Å². The van der Waals surface area contributed by atoms with Crippen LogP contribution in [0.3, 0.4) is 0 Å². The number of imide groups is 1. The minimum atomic E-state index is -0.285. The van der Waals surface area contributed by atoms with E-state index in [-0.39, 0.29) is 11.8 Å². The van der Waals surface area contributed by atoms with Crippen LogP contribution >= 0.6 is 31.9 Å².